The Morgan fingerprint density at radius 3 is 2.21 bits per heavy atom. The summed E-state index contributed by atoms with van der Waals surface area (Å²) in [6.45, 7) is 4.74. The van der Waals surface area contributed by atoms with Crippen LogP contribution in [0.1, 0.15) is 50.3 Å². The van der Waals surface area contributed by atoms with E-state index < -0.39 is 27.0 Å². The molecule has 2 aromatic carbocycles. The zero-order chi connectivity index (χ0) is 28.5. The van der Waals surface area contributed by atoms with Crippen LogP contribution in [-0.4, -0.2) is 61.4 Å². The zero-order valence-corrected chi connectivity index (χ0v) is 24.1. The molecule has 0 saturated carbocycles. The maximum Gasteiger partial charge on any atom is 0.203 e. The minimum Gasteiger partial charge on any atom is -0.494 e. The lowest BCUT2D eigenvalue weighted by atomic mass is 9.99. The molecule has 10 heteroatoms. The average Bonchev–Trinajstić information content (AvgIpc) is 3.35. The van der Waals surface area contributed by atoms with E-state index in [1.807, 2.05) is 38.1 Å². The van der Waals surface area contributed by atoms with Crippen LogP contribution in [0, 0.1) is 11.8 Å². The Bertz CT molecular complexity index is 1230. The van der Waals surface area contributed by atoms with Crippen molar-refractivity contribution in [3.05, 3.63) is 47.5 Å². The van der Waals surface area contributed by atoms with E-state index in [0.29, 0.717) is 35.8 Å². The lowest BCUT2D eigenvalue weighted by Crippen LogP contribution is -2.37. The standard InChI is InChI=1S/C29H39NO8S/c1-6-15-36-23-12-10-21(11-13-23)27-26(37-16-9-8-14-30)20-29(38-27,39(31,32)17-7-2)22-18-24(33-3)28(35-5)25(19-22)34-4/h10-13,18-19,26-27H,6-7,14-17,20,30H2,1-5H3. The minimum absolute atomic E-state index is 0.0387. The quantitative estimate of drug-likeness (QED) is 0.363. The number of rotatable bonds is 13. The Kier molecular flexibility index (Phi) is 10.9. The molecule has 39 heavy (non-hydrogen) atoms. The van der Waals surface area contributed by atoms with Gasteiger partial charge in [0.2, 0.25) is 5.75 Å². The average molecular weight is 562 g/mol. The lowest BCUT2D eigenvalue weighted by Gasteiger charge is -2.30. The van der Waals surface area contributed by atoms with Crippen LogP contribution in [0.5, 0.6) is 23.0 Å². The van der Waals surface area contributed by atoms with Crippen LogP contribution in [0.2, 0.25) is 0 Å². The predicted octanol–water partition coefficient (Wildman–Crippen LogP) is 3.99. The molecule has 1 aliphatic rings. The van der Waals surface area contributed by atoms with Crippen molar-refractivity contribution in [3.8, 4) is 34.8 Å². The molecule has 1 saturated heterocycles. The summed E-state index contributed by atoms with van der Waals surface area (Å²) >= 11 is 0. The highest BCUT2D eigenvalue weighted by Crippen LogP contribution is 2.53. The first-order chi connectivity index (χ1) is 18.8. The summed E-state index contributed by atoms with van der Waals surface area (Å²) in [6.07, 6.45) is 0.0249. The Hall–Kier alpha value is -2.97. The second-order valence-electron chi connectivity index (χ2n) is 9.05. The molecule has 1 fully saturated rings. The van der Waals surface area contributed by atoms with Gasteiger partial charge in [-0.15, -0.1) is 0 Å². The van der Waals surface area contributed by atoms with Crippen molar-refractivity contribution < 1.29 is 36.8 Å². The largest absolute Gasteiger partial charge is 0.494 e. The minimum atomic E-state index is -3.86. The third kappa shape index (κ3) is 6.61. The number of benzene rings is 2. The molecule has 3 unspecified atom stereocenters. The Balaban J connectivity index is 2.16. The third-order valence-electron chi connectivity index (χ3n) is 6.48. The van der Waals surface area contributed by atoms with Crippen molar-refractivity contribution in [2.75, 3.05) is 46.8 Å². The summed E-state index contributed by atoms with van der Waals surface area (Å²) in [6, 6.07) is 10.7. The molecule has 2 N–H and O–H groups in total. The Labute approximate surface area is 231 Å². The van der Waals surface area contributed by atoms with Crippen molar-refractivity contribution in [2.45, 2.75) is 50.3 Å². The first kappa shape index (κ1) is 30.6. The van der Waals surface area contributed by atoms with Crippen LogP contribution in [-0.2, 0) is 24.2 Å². The highest BCUT2D eigenvalue weighted by Gasteiger charge is 2.57. The SMILES string of the molecule is CCCOc1ccc(C2OC(c3cc(OC)c(OC)c(OC)c3)(S(=O)(=O)CCC)CC2OCC#CCN)cc1. The Morgan fingerprint density at radius 1 is 1.00 bits per heavy atom. The molecule has 0 radical (unpaired) electrons. The summed E-state index contributed by atoms with van der Waals surface area (Å²) in [7, 11) is 0.599. The molecule has 3 rings (SSSR count). The van der Waals surface area contributed by atoms with Crippen LogP contribution in [0.4, 0.5) is 0 Å². The molecule has 1 aliphatic heterocycles. The van der Waals surface area contributed by atoms with Crippen molar-refractivity contribution in [3.63, 3.8) is 0 Å². The molecule has 0 aliphatic carbocycles. The van der Waals surface area contributed by atoms with Crippen molar-refractivity contribution >= 4 is 9.84 Å². The summed E-state index contributed by atoms with van der Waals surface area (Å²) in [5, 5.41) is 0. The number of hydrogen-bond acceptors (Lipinski definition) is 9. The van der Waals surface area contributed by atoms with Gasteiger partial charge in [-0.25, -0.2) is 8.42 Å². The van der Waals surface area contributed by atoms with Gasteiger partial charge in [-0.1, -0.05) is 37.8 Å². The normalized spacial score (nSPS) is 20.7. The van der Waals surface area contributed by atoms with Crippen LogP contribution in [0.25, 0.3) is 0 Å². The number of hydrogen-bond donors (Lipinski definition) is 1. The summed E-state index contributed by atoms with van der Waals surface area (Å²) in [5.74, 6) is 7.30. The van der Waals surface area contributed by atoms with Gasteiger partial charge in [0.15, 0.2) is 26.3 Å². The summed E-state index contributed by atoms with van der Waals surface area (Å²) in [4.78, 5) is -1.73. The summed E-state index contributed by atoms with van der Waals surface area (Å²) in [5.41, 5.74) is 6.63. The van der Waals surface area contributed by atoms with E-state index in [4.69, 9.17) is 34.2 Å². The Morgan fingerprint density at radius 2 is 1.67 bits per heavy atom. The smallest absolute Gasteiger partial charge is 0.203 e. The zero-order valence-electron chi connectivity index (χ0n) is 23.3. The van der Waals surface area contributed by atoms with E-state index in [1.165, 1.54) is 21.3 Å². The summed E-state index contributed by atoms with van der Waals surface area (Å²) < 4.78 is 63.1. The molecule has 0 aromatic heterocycles. The highest BCUT2D eigenvalue weighted by molar-refractivity contribution is 7.92. The second kappa shape index (κ2) is 13.9. The first-order valence-corrected chi connectivity index (χ1v) is 14.7. The number of ether oxygens (including phenoxy) is 6. The fraction of sp³-hybridized carbons (Fsp3) is 0.517. The molecule has 0 amide bonds. The van der Waals surface area contributed by atoms with E-state index >= 15 is 0 Å². The molecule has 3 atom stereocenters. The second-order valence-corrected chi connectivity index (χ2v) is 11.4. The molecular formula is C29H39NO8S. The fourth-order valence-corrected chi connectivity index (χ4v) is 6.69. The van der Waals surface area contributed by atoms with E-state index in [9.17, 15) is 8.42 Å². The van der Waals surface area contributed by atoms with Gasteiger partial charge in [-0.05, 0) is 42.7 Å². The molecule has 0 bridgehead atoms. The molecular weight excluding hydrogens is 522 g/mol. The van der Waals surface area contributed by atoms with Gasteiger partial charge >= 0.3 is 0 Å². The number of sulfone groups is 1. The van der Waals surface area contributed by atoms with Gasteiger partial charge in [0.1, 0.15) is 18.5 Å². The maximum absolute atomic E-state index is 14.0. The van der Waals surface area contributed by atoms with Gasteiger partial charge in [-0.3, -0.25) is 0 Å². The van der Waals surface area contributed by atoms with Gasteiger partial charge in [-0.2, -0.15) is 0 Å². The molecule has 9 nitrogen and oxygen atoms in total. The van der Waals surface area contributed by atoms with Gasteiger partial charge in [0.25, 0.3) is 0 Å². The number of methoxy groups -OCH3 is 3. The van der Waals surface area contributed by atoms with Crippen LogP contribution in [0.15, 0.2) is 36.4 Å². The van der Waals surface area contributed by atoms with Crippen molar-refractivity contribution in [2.24, 2.45) is 5.73 Å². The van der Waals surface area contributed by atoms with E-state index in [-0.39, 0.29) is 25.3 Å². The van der Waals surface area contributed by atoms with E-state index in [1.54, 1.807) is 12.1 Å². The highest BCUT2D eigenvalue weighted by atomic mass is 32.2. The van der Waals surface area contributed by atoms with Crippen molar-refractivity contribution in [1.29, 1.82) is 0 Å². The predicted molar refractivity (Wildman–Crippen MR) is 149 cm³/mol. The molecule has 1 heterocycles. The van der Waals surface area contributed by atoms with Crippen LogP contribution >= 0.6 is 0 Å². The van der Waals surface area contributed by atoms with Gasteiger partial charge in [0, 0.05) is 12.0 Å². The lowest BCUT2D eigenvalue weighted by molar-refractivity contribution is -0.0292. The van der Waals surface area contributed by atoms with Crippen LogP contribution < -0.4 is 24.7 Å². The first-order valence-electron chi connectivity index (χ1n) is 13.0. The fourth-order valence-electron chi connectivity index (χ4n) is 4.68. The third-order valence-corrected chi connectivity index (χ3v) is 8.93. The van der Waals surface area contributed by atoms with Gasteiger partial charge < -0.3 is 34.2 Å². The van der Waals surface area contributed by atoms with Gasteiger partial charge in [0.05, 0.1) is 46.3 Å². The number of nitrogens with two attached hydrogens (primary N) is 1. The molecule has 2 aromatic rings. The molecule has 214 valence electrons. The van der Waals surface area contributed by atoms with E-state index in [2.05, 4.69) is 11.8 Å². The maximum atomic E-state index is 14.0. The van der Waals surface area contributed by atoms with E-state index in [0.717, 1.165) is 17.7 Å². The molecule has 0 spiro atoms. The van der Waals surface area contributed by atoms with Crippen LogP contribution in [0.3, 0.4) is 0 Å². The monoisotopic (exact) mass is 561 g/mol. The van der Waals surface area contributed by atoms with Crippen molar-refractivity contribution in [1.82, 2.24) is 0 Å². The topological polar surface area (TPSA) is 116 Å².